The fourth-order valence-corrected chi connectivity index (χ4v) is 2.98. The monoisotopic (exact) mass is 331 g/mol. The molecule has 0 radical (unpaired) electrons. The molecule has 1 atom stereocenters. The Kier molecular flexibility index (Phi) is 7.52. The van der Waals surface area contributed by atoms with Crippen LogP contribution in [0.25, 0.3) is 0 Å². The zero-order valence-electron chi connectivity index (χ0n) is 13.8. The van der Waals surface area contributed by atoms with Crippen LogP contribution >= 0.6 is 11.8 Å². The largest absolute Gasteiger partial charge is 0.357 e. The van der Waals surface area contributed by atoms with E-state index in [1.807, 2.05) is 34.9 Å². The summed E-state index contributed by atoms with van der Waals surface area (Å²) in [5.41, 5.74) is 0. The summed E-state index contributed by atoms with van der Waals surface area (Å²) in [5.74, 6) is 0.869. The van der Waals surface area contributed by atoms with Gasteiger partial charge in [-0.1, -0.05) is 25.1 Å². The van der Waals surface area contributed by atoms with Crippen LogP contribution in [0.1, 0.15) is 13.8 Å². The summed E-state index contributed by atoms with van der Waals surface area (Å²) in [7, 11) is 0. The minimum atomic E-state index is 0.432. The van der Waals surface area contributed by atoms with Crippen LogP contribution in [0.2, 0.25) is 0 Å². The highest BCUT2D eigenvalue weighted by Crippen LogP contribution is 2.22. The van der Waals surface area contributed by atoms with Crippen molar-refractivity contribution in [2.75, 3.05) is 19.6 Å². The Labute approximate surface area is 142 Å². The number of nitrogens with one attached hydrogen (secondary N) is 2. The smallest absolute Gasteiger partial charge is 0.191 e. The van der Waals surface area contributed by atoms with Gasteiger partial charge in [0.15, 0.2) is 5.96 Å². The third-order valence-corrected chi connectivity index (χ3v) is 4.25. The molecule has 0 aliphatic rings. The third kappa shape index (κ3) is 6.78. The first-order valence-electron chi connectivity index (χ1n) is 7.97. The van der Waals surface area contributed by atoms with Crippen molar-refractivity contribution in [2.45, 2.75) is 30.5 Å². The number of nitrogens with zero attached hydrogens (tertiary/aromatic N) is 3. The van der Waals surface area contributed by atoms with Crippen molar-refractivity contribution in [2.24, 2.45) is 4.99 Å². The Morgan fingerprint density at radius 2 is 2.13 bits per heavy atom. The molecule has 5 nitrogen and oxygen atoms in total. The van der Waals surface area contributed by atoms with Gasteiger partial charge in [-0.25, -0.2) is 4.98 Å². The highest BCUT2D eigenvalue weighted by Gasteiger charge is 2.04. The summed E-state index contributed by atoms with van der Waals surface area (Å²) in [6, 6.07) is 10.5. The van der Waals surface area contributed by atoms with Crippen LogP contribution in [0.3, 0.4) is 0 Å². The van der Waals surface area contributed by atoms with Crippen molar-refractivity contribution in [3.63, 3.8) is 0 Å². The Morgan fingerprint density at radius 1 is 1.30 bits per heavy atom. The van der Waals surface area contributed by atoms with Gasteiger partial charge in [0.2, 0.25) is 0 Å². The van der Waals surface area contributed by atoms with E-state index < -0.39 is 0 Å². The molecule has 0 aliphatic carbocycles. The summed E-state index contributed by atoms with van der Waals surface area (Å²) in [6.45, 7) is 7.61. The second kappa shape index (κ2) is 9.94. The zero-order chi connectivity index (χ0) is 16.3. The maximum absolute atomic E-state index is 4.68. The van der Waals surface area contributed by atoms with Gasteiger partial charge in [0, 0.05) is 42.2 Å². The quantitative estimate of drug-likeness (QED) is 0.443. The molecule has 0 fully saturated rings. The van der Waals surface area contributed by atoms with Crippen molar-refractivity contribution in [3.05, 3.63) is 49.1 Å². The second-order valence-corrected chi connectivity index (χ2v) is 6.70. The van der Waals surface area contributed by atoms with Crippen molar-refractivity contribution < 1.29 is 0 Å². The average Bonchev–Trinajstić information content (AvgIpc) is 3.07. The summed E-state index contributed by atoms with van der Waals surface area (Å²) in [5, 5.41) is 7.08. The Morgan fingerprint density at radius 3 is 2.83 bits per heavy atom. The van der Waals surface area contributed by atoms with E-state index in [1.165, 1.54) is 4.90 Å². The molecule has 1 heterocycles. The molecule has 0 amide bonds. The number of guanidine groups is 1. The number of aliphatic imine (C=N–C) groups is 1. The van der Waals surface area contributed by atoms with E-state index in [9.17, 15) is 0 Å². The lowest BCUT2D eigenvalue weighted by Gasteiger charge is -2.13. The molecule has 2 N–H and O–H groups in total. The van der Waals surface area contributed by atoms with Crippen LogP contribution in [0.5, 0.6) is 0 Å². The van der Waals surface area contributed by atoms with Crippen LogP contribution in [-0.2, 0) is 6.54 Å². The van der Waals surface area contributed by atoms with E-state index in [0.29, 0.717) is 5.25 Å². The summed E-state index contributed by atoms with van der Waals surface area (Å²) in [4.78, 5) is 10.0. The molecular formula is C17H25N5S. The van der Waals surface area contributed by atoms with Gasteiger partial charge in [-0.05, 0) is 19.1 Å². The number of hydrogen-bond donors (Lipinski definition) is 2. The van der Waals surface area contributed by atoms with Crippen molar-refractivity contribution in [1.29, 1.82) is 0 Å². The number of hydrogen-bond acceptors (Lipinski definition) is 3. The molecule has 1 unspecified atom stereocenters. The predicted octanol–water partition coefficient (Wildman–Crippen LogP) is 2.62. The van der Waals surface area contributed by atoms with E-state index in [1.54, 1.807) is 6.20 Å². The molecule has 23 heavy (non-hydrogen) atoms. The third-order valence-electron chi connectivity index (χ3n) is 3.15. The lowest BCUT2D eigenvalue weighted by molar-refractivity contribution is 0.662. The van der Waals surface area contributed by atoms with Crippen molar-refractivity contribution in [1.82, 2.24) is 20.2 Å². The molecule has 0 saturated carbocycles. The lowest BCUT2D eigenvalue weighted by Crippen LogP contribution is -2.39. The topological polar surface area (TPSA) is 54.2 Å². The number of imidazole rings is 1. The van der Waals surface area contributed by atoms with E-state index in [2.05, 4.69) is 58.7 Å². The number of thioether (sulfide) groups is 1. The normalized spacial score (nSPS) is 12.9. The highest BCUT2D eigenvalue weighted by atomic mass is 32.2. The second-order valence-electron chi connectivity index (χ2n) is 5.19. The predicted molar refractivity (Wildman–Crippen MR) is 98.0 cm³/mol. The van der Waals surface area contributed by atoms with Crippen LogP contribution in [0.15, 0.2) is 58.9 Å². The first kappa shape index (κ1) is 17.4. The standard InChI is InChI=1S/C17H25N5S/c1-3-19-17(20-10-12-22-11-9-18-14-22)21-13-15(2)23-16-7-5-4-6-8-16/h4-9,11,14-15H,3,10,12-13H2,1-2H3,(H2,19,20,21). The van der Waals surface area contributed by atoms with E-state index >= 15 is 0 Å². The molecule has 0 spiro atoms. The fraction of sp³-hybridized carbons (Fsp3) is 0.412. The van der Waals surface area contributed by atoms with Crippen molar-refractivity contribution in [3.8, 4) is 0 Å². The van der Waals surface area contributed by atoms with Gasteiger partial charge in [0.05, 0.1) is 12.9 Å². The molecule has 0 aliphatic heterocycles. The van der Waals surface area contributed by atoms with Gasteiger partial charge in [0.25, 0.3) is 0 Å². The first-order chi connectivity index (χ1) is 11.3. The molecule has 2 aromatic rings. The molecular weight excluding hydrogens is 306 g/mol. The Hall–Kier alpha value is -1.95. The van der Waals surface area contributed by atoms with Gasteiger partial charge in [0.1, 0.15) is 0 Å². The maximum atomic E-state index is 4.68. The van der Waals surface area contributed by atoms with Crippen molar-refractivity contribution >= 4 is 17.7 Å². The van der Waals surface area contributed by atoms with E-state index in [0.717, 1.165) is 32.1 Å². The molecule has 0 saturated heterocycles. The summed E-state index contributed by atoms with van der Waals surface area (Å²) in [6.07, 6.45) is 5.58. The molecule has 124 valence electrons. The SMILES string of the molecule is CCNC(=NCC(C)Sc1ccccc1)NCCn1ccnc1. The molecule has 1 aromatic carbocycles. The zero-order valence-corrected chi connectivity index (χ0v) is 14.6. The Balaban J connectivity index is 1.77. The number of benzene rings is 1. The molecule has 0 bridgehead atoms. The van der Waals surface area contributed by atoms with Crippen LogP contribution in [0, 0.1) is 0 Å². The lowest BCUT2D eigenvalue weighted by atomic mass is 10.4. The number of aromatic nitrogens is 2. The summed E-state index contributed by atoms with van der Waals surface area (Å²) >= 11 is 1.85. The minimum Gasteiger partial charge on any atom is -0.357 e. The van der Waals surface area contributed by atoms with Crippen LogP contribution < -0.4 is 10.6 Å². The van der Waals surface area contributed by atoms with Gasteiger partial charge >= 0.3 is 0 Å². The van der Waals surface area contributed by atoms with Crippen LogP contribution in [-0.4, -0.2) is 40.4 Å². The molecule has 1 aromatic heterocycles. The first-order valence-corrected chi connectivity index (χ1v) is 8.85. The Bertz CT molecular complexity index is 568. The highest BCUT2D eigenvalue weighted by molar-refractivity contribution is 8.00. The molecule has 2 rings (SSSR count). The fourth-order valence-electron chi connectivity index (χ4n) is 2.05. The van der Waals surface area contributed by atoms with E-state index in [-0.39, 0.29) is 0 Å². The summed E-state index contributed by atoms with van der Waals surface area (Å²) < 4.78 is 2.05. The average molecular weight is 331 g/mol. The van der Waals surface area contributed by atoms with Gasteiger partial charge in [-0.2, -0.15) is 0 Å². The van der Waals surface area contributed by atoms with E-state index in [4.69, 9.17) is 0 Å². The van der Waals surface area contributed by atoms with Gasteiger partial charge in [-0.3, -0.25) is 4.99 Å². The van der Waals surface area contributed by atoms with Gasteiger partial charge < -0.3 is 15.2 Å². The van der Waals surface area contributed by atoms with Crippen LogP contribution in [0.4, 0.5) is 0 Å². The van der Waals surface area contributed by atoms with Gasteiger partial charge in [-0.15, -0.1) is 11.8 Å². The number of rotatable bonds is 8. The minimum absolute atomic E-state index is 0.432. The molecule has 6 heteroatoms. The maximum Gasteiger partial charge on any atom is 0.191 e.